The first-order chi connectivity index (χ1) is 19.4. The van der Waals surface area contributed by atoms with Crippen molar-refractivity contribution in [3.63, 3.8) is 0 Å². The molecule has 0 bridgehead atoms. The second-order valence-electron chi connectivity index (χ2n) is 11.1. The number of amides is 1. The molecule has 9 nitrogen and oxygen atoms in total. The Kier molecular flexibility index (Phi) is 7.84. The number of rotatable bonds is 5. The van der Waals surface area contributed by atoms with E-state index in [1.807, 2.05) is 4.90 Å². The molecule has 41 heavy (non-hydrogen) atoms. The largest absolute Gasteiger partial charge is 0.417 e. The molecule has 0 aliphatic carbocycles. The molecule has 1 aromatic heterocycles. The van der Waals surface area contributed by atoms with Crippen molar-refractivity contribution in [2.24, 2.45) is 0 Å². The summed E-state index contributed by atoms with van der Waals surface area (Å²) in [5.74, 6) is -1.21. The van der Waals surface area contributed by atoms with Crippen LogP contribution in [0.4, 0.5) is 34.8 Å². The average molecular weight is 575 g/mol. The van der Waals surface area contributed by atoms with Gasteiger partial charge in [-0.15, -0.1) is 0 Å². The van der Waals surface area contributed by atoms with E-state index in [2.05, 4.69) is 32.5 Å². The maximum absolute atomic E-state index is 15.3. The summed E-state index contributed by atoms with van der Waals surface area (Å²) in [5.41, 5.74) is -0.921. The van der Waals surface area contributed by atoms with Crippen LogP contribution in [0.2, 0.25) is 0 Å². The maximum atomic E-state index is 15.3. The lowest BCUT2D eigenvalue weighted by molar-refractivity contribution is -0.137. The van der Waals surface area contributed by atoms with Gasteiger partial charge in [0.15, 0.2) is 0 Å². The molecule has 3 aliphatic rings. The minimum absolute atomic E-state index is 0.0612. The van der Waals surface area contributed by atoms with Crippen molar-refractivity contribution in [2.45, 2.75) is 31.1 Å². The molecule has 13 heteroatoms. The zero-order valence-electron chi connectivity index (χ0n) is 23.4. The number of carbonyl (C=O) groups excluding carboxylic acids is 1. The summed E-state index contributed by atoms with van der Waals surface area (Å²) in [4.78, 5) is 25.7. The van der Waals surface area contributed by atoms with Gasteiger partial charge >= 0.3 is 6.18 Å². The lowest BCUT2D eigenvalue weighted by Crippen LogP contribution is -2.75. The highest BCUT2D eigenvalue weighted by Crippen LogP contribution is 2.37. The molecule has 2 saturated heterocycles. The van der Waals surface area contributed by atoms with Gasteiger partial charge in [-0.3, -0.25) is 14.6 Å². The third-order valence-electron chi connectivity index (χ3n) is 8.51. The monoisotopic (exact) mass is 574 g/mol. The van der Waals surface area contributed by atoms with E-state index < -0.39 is 35.1 Å². The van der Waals surface area contributed by atoms with Gasteiger partial charge in [0.1, 0.15) is 29.3 Å². The van der Waals surface area contributed by atoms with Gasteiger partial charge in [-0.2, -0.15) is 18.4 Å². The number of aryl methyl sites for hydroxylation is 1. The fraction of sp³-hybridized carbons (Fsp3) is 0.536. The first kappa shape index (κ1) is 29.0. The van der Waals surface area contributed by atoms with E-state index >= 15 is 4.39 Å². The van der Waals surface area contributed by atoms with Gasteiger partial charge in [-0.25, -0.2) is 9.37 Å². The molecule has 5 rings (SSSR count). The molecular weight excluding hydrogens is 540 g/mol. The molecule has 0 unspecified atom stereocenters. The third-order valence-corrected chi connectivity index (χ3v) is 8.51. The van der Waals surface area contributed by atoms with Crippen LogP contribution in [-0.2, 0) is 11.0 Å². The Morgan fingerprint density at radius 3 is 2.61 bits per heavy atom. The third kappa shape index (κ3) is 5.56. The van der Waals surface area contributed by atoms with Gasteiger partial charge in [0.2, 0.25) is 5.91 Å². The van der Waals surface area contributed by atoms with Crippen molar-refractivity contribution in [2.75, 3.05) is 81.6 Å². The molecule has 2 fully saturated rings. The standard InChI is InChI=1S/C28H34F4N8O/c1-18-13-20(28(30,31)32)19(14-33)25(35-18)36-22-7-8-40(24-21(29)5-4-6-23(24)38(3)26(22)41)12-11-39-10-9-37(2)27(17-39)15-34-16-27/h4-6,13,22,34H,7-12,15-17H2,1-3H3,(H,35,36)/t22-/m0/s1. The van der Waals surface area contributed by atoms with E-state index in [1.54, 1.807) is 12.1 Å². The molecule has 0 saturated carbocycles. The predicted molar refractivity (Wildman–Crippen MR) is 147 cm³/mol. The number of nitrogens with one attached hydrogen (secondary N) is 2. The van der Waals surface area contributed by atoms with E-state index in [9.17, 15) is 23.2 Å². The average Bonchev–Trinajstić information content (AvgIpc) is 2.90. The Morgan fingerprint density at radius 1 is 1.20 bits per heavy atom. The number of anilines is 3. The van der Waals surface area contributed by atoms with Gasteiger partial charge < -0.3 is 20.4 Å². The highest BCUT2D eigenvalue weighted by atomic mass is 19.4. The molecule has 1 aromatic carbocycles. The summed E-state index contributed by atoms with van der Waals surface area (Å²) in [5, 5.41) is 15.8. The molecule has 2 N–H and O–H groups in total. The normalized spacial score (nSPS) is 21.6. The van der Waals surface area contributed by atoms with E-state index in [-0.39, 0.29) is 30.0 Å². The highest BCUT2D eigenvalue weighted by molar-refractivity contribution is 6.01. The molecule has 3 aliphatic heterocycles. The van der Waals surface area contributed by atoms with Crippen molar-refractivity contribution < 1.29 is 22.4 Å². The first-order valence-corrected chi connectivity index (χ1v) is 13.6. The zero-order chi connectivity index (χ0) is 29.5. The van der Waals surface area contributed by atoms with Crippen LogP contribution in [-0.4, -0.2) is 98.7 Å². The van der Waals surface area contributed by atoms with Crippen LogP contribution >= 0.6 is 0 Å². The lowest BCUT2D eigenvalue weighted by Gasteiger charge is -2.55. The van der Waals surface area contributed by atoms with E-state index in [4.69, 9.17) is 0 Å². The van der Waals surface area contributed by atoms with Crippen LogP contribution < -0.4 is 20.4 Å². The number of nitriles is 1. The number of likely N-dealkylation sites (N-methyl/N-ethyl adjacent to an activating group) is 2. The molecule has 4 heterocycles. The van der Waals surface area contributed by atoms with Crippen molar-refractivity contribution in [1.82, 2.24) is 20.1 Å². The summed E-state index contributed by atoms with van der Waals surface area (Å²) >= 11 is 0. The first-order valence-electron chi connectivity index (χ1n) is 13.6. The number of pyridine rings is 1. The SMILES string of the molecule is Cc1cc(C(F)(F)F)c(C#N)c(N[C@H]2CCN(CCN3CCN(C)C4(CNC4)C3)c3c(F)cccc3N(C)C2=O)n1. The summed E-state index contributed by atoms with van der Waals surface area (Å²) in [6.45, 7) is 7.42. The minimum atomic E-state index is -4.76. The van der Waals surface area contributed by atoms with Gasteiger partial charge in [0.25, 0.3) is 0 Å². The highest BCUT2D eigenvalue weighted by Gasteiger charge is 2.44. The zero-order valence-corrected chi connectivity index (χ0v) is 23.4. The van der Waals surface area contributed by atoms with Crippen LogP contribution in [0.3, 0.4) is 0 Å². The number of halogens is 4. The van der Waals surface area contributed by atoms with Crippen molar-refractivity contribution in [1.29, 1.82) is 5.26 Å². The summed E-state index contributed by atoms with van der Waals surface area (Å²) in [6.07, 6.45) is -4.60. The number of alkyl halides is 3. The lowest BCUT2D eigenvalue weighted by atomic mass is 9.88. The van der Waals surface area contributed by atoms with E-state index in [0.717, 1.165) is 38.8 Å². The van der Waals surface area contributed by atoms with E-state index in [0.29, 0.717) is 24.5 Å². The topological polar surface area (TPSA) is 90.8 Å². The maximum Gasteiger partial charge on any atom is 0.417 e. The quantitative estimate of drug-likeness (QED) is 0.527. The van der Waals surface area contributed by atoms with Crippen LogP contribution in [0.1, 0.15) is 23.2 Å². The molecule has 220 valence electrons. The number of nitrogens with zero attached hydrogens (tertiary/aromatic N) is 6. The number of aromatic nitrogens is 1. The molecule has 2 aromatic rings. The Bertz CT molecular complexity index is 1360. The van der Waals surface area contributed by atoms with Gasteiger partial charge in [-0.05, 0) is 38.6 Å². The Hall–Kier alpha value is -3.47. The van der Waals surface area contributed by atoms with Gasteiger partial charge in [-0.1, -0.05) is 6.07 Å². The number of fused-ring (bicyclic) bond motifs is 1. The van der Waals surface area contributed by atoms with Crippen molar-refractivity contribution in [3.8, 4) is 6.07 Å². The Morgan fingerprint density at radius 2 is 1.95 bits per heavy atom. The second kappa shape index (κ2) is 11.1. The van der Waals surface area contributed by atoms with Gasteiger partial charge in [0.05, 0.1) is 22.5 Å². The number of hydrogen-bond donors (Lipinski definition) is 2. The minimum Gasteiger partial charge on any atom is -0.366 e. The fourth-order valence-corrected chi connectivity index (χ4v) is 5.99. The smallest absolute Gasteiger partial charge is 0.366 e. The number of piperazine rings is 1. The molecular formula is C28H34F4N8O. The predicted octanol–water partition coefficient (Wildman–Crippen LogP) is 2.66. The van der Waals surface area contributed by atoms with E-state index in [1.165, 1.54) is 31.0 Å². The van der Waals surface area contributed by atoms with Crippen molar-refractivity contribution >= 4 is 23.1 Å². The number of carbonyl (C=O) groups is 1. The molecule has 1 atom stereocenters. The molecule has 0 radical (unpaired) electrons. The molecule has 1 spiro atoms. The van der Waals surface area contributed by atoms with Gasteiger partial charge in [0, 0.05) is 65.1 Å². The summed E-state index contributed by atoms with van der Waals surface area (Å²) in [6, 6.07) is 5.98. The summed E-state index contributed by atoms with van der Waals surface area (Å²) in [7, 11) is 3.66. The number of para-hydroxylation sites is 1. The second-order valence-corrected chi connectivity index (χ2v) is 11.1. The molecule has 1 amide bonds. The van der Waals surface area contributed by atoms with Crippen molar-refractivity contribution in [3.05, 3.63) is 46.9 Å². The Labute approximate surface area is 236 Å². The fourth-order valence-electron chi connectivity index (χ4n) is 5.99. The summed E-state index contributed by atoms with van der Waals surface area (Å²) < 4.78 is 56.4. The number of benzene rings is 1. The van der Waals surface area contributed by atoms with Crippen LogP contribution in [0.5, 0.6) is 0 Å². The van der Waals surface area contributed by atoms with Crippen LogP contribution in [0, 0.1) is 24.1 Å². The Balaban J connectivity index is 1.41. The van der Waals surface area contributed by atoms with Crippen LogP contribution in [0.25, 0.3) is 0 Å². The number of hydrogen-bond acceptors (Lipinski definition) is 8. The van der Waals surface area contributed by atoms with Crippen LogP contribution in [0.15, 0.2) is 24.3 Å².